The molecule has 37 heavy (non-hydrogen) atoms. The Labute approximate surface area is 219 Å². The number of anilines is 2. The summed E-state index contributed by atoms with van der Waals surface area (Å²) < 4.78 is 47.8. The highest BCUT2D eigenvalue weighted by Crippen LogP contribution is 2.47. The molecule has 0 bridgehead atoms. The average molecular weight is 532 g/mol. The Kier molecular flexibility index (Phi) is 6.49. The fourth-order valence-corrected chi connectivity index (χ4v) is 5.47. The second kappa shape index (κ2) is 9.62. The predicted molar refractivity (Wildman–Crippen MR) is 143 cm³/mol. The number of halogens is 1. The second-order valence-corrected chi connectivity index (χ2v) is 11.5. The van der Waals surface area contributed by atoms with Gasteiger partial charge in [-0.2, -0.15) is 8.42 Å². The van der Waals surface area contributed by atoms with E-state index in [1.54, 1.807) is 12.1 Å². The normalized spacial score (nSPS) is 18.5. The molecule has 11 heteroatoms. The Morgan fingerprint density at radius 2 is 2.05 bits per heavy atom. The Morgan fingerprint density at radius 3 is 2.73 bits per heavy atom. The zero-order valence-electron chi connectivity index (χ0n) is 20.5. The monoisotopic (exact) mass is 531 g/mol. The van der Waals surface area contributed by atoms with Crippen molar-refractivity contribution in [2.75, 3.05) is 23.8 Å². The maximum absolute atomic E-state index is 14.4. The number of aromatic nitrogens is 2. The van der Waals surface area contributed by atoms with Crippen molar-refractivity contribution in [1.82, 2.24) is 14.7 Å². The van der Waals surface area contributed by atoms with Gasteiger partial charge in [-0.05, 0) is 61.1 Å². The van der Waals surface area contributed by atoms with Gasteiger partial charge in [0.25, 0.3) is 15.9 Å². The maximum Gasteiger partial charge on any atom is 0.281 e. The number of nitrogens with one attached hydrogen (secondary N) is 1. The lowest BCUT2D eigenvalue weighted by Gasteiger charge is -2.23. The van der Waals surface area contributed by atoms with Crippen molar-refractivity contribution in [1.29, 1.82) is 0 Å². The first-order valence-corrected chi connectivity index (χ1v) is 13.6. The molecule has 1 aliphatic heterocycles. The van der Waals surface area contributed by atoms with Crippen molar-refractivity contribution in [2.24, 2.45) is 11.8 Å². The van der Waals surface area contributed by atoms with E-state index in [4.69, 9.17) is 15.5 Å². The number of pyridine rings is 2. The Bertz CT molecular complexity index is 1480. The number of benzene rings is 1. The average Bonchev–Trinajstić information content (AvgIpc) is 3.51. The molecule has 0 spiro atoms. The first-order chi connectivity index (χ1) is 17.6. The van der Waals surface area contributed by atoms with Crippen molar-refractivity contribution in [3.8, 4) is 17.0 Å². The van der Waals surface area contributed by atoms with E-state index in [-0.39, 0.29) is 32.6 Å². The number of ether oxygens (including phenoxy) is 1. The molecular formula is C26H34FN5O4S. The minimum absolute atomic E-state index is 0. The van der Waals surface area contributed by atoms with E-state index < -0.39 is 21.7 Å². The number of carbonyl (C=O) groups excluding carboxylic acids is 1. The van der Waals surface area contributed by atoms with Crippen molar-refractivity contribution in [3.63, 3.8) is 0 Å². The smallest absolute Gasteiger partial charge is 0.281 e. The molecule has 3 N–H and O–H groups in total. The number of rotatable bonds is 8. The number of nitrogens with zero attached hydrogens (tertiary/aromatic N) is 3. The highest BCUT2D eigenvalue weighted by Gasteiger charge is 2.48. The van der Waals surface area contributed by atoms with Crippen LogP contribution in [0.2, 0.25) is 0 Å². The number of piperidine rings is 1. The van der Waals surface area contributed by atoms with Crippen LogP contribution in [-0.2, 0) is 10.0 Å². The minimum Gasteiger partial charge on any atom is -0.493 e. The molecule has 3 heterocycles. The molecule has 1 aliphatic carbocycles. The van der Waals surface area contributed by atoms with Crippen LogP contribution in [0.4, 0.5) is 16.0 Å². The molecule has 1 aromatic carbocycles. The number of amides is 1. The van der Waals surface area contributed by atoms with Crippen LogP contribution in [-0.4, -0.2) is 43.5 Å². The van der Waals surface area contributed by atoms with Crippen molar-refractivity contribution >= 4 is 27.6 Å². The summed E-state index contributed by atoms with van der Waals surface area (Å²) in [5.41, 5.74) is 6.66. The van der Waals surface area contributed by atoms with E-state index in [1.807, 2.05) is 18.7 Å². The number of carbonyl (C=O) groups is 1. The van der Waals surface area contributed by atoms with Crippen molar-refractivity contribution in [3.05, 3.63) is 59.9 Å². The van der Waals surface area contributed by atoms with Crippen molar-refractivity contribution < 1.29 is 26.6 Å². The SMILES string of the molecule is CC(C)COc1cc(F)cc(-c2ccc(C(=O)NS(=O)(=O)c3cccc(N)n3)c(N3CCC4CC43)n2)c1.[HH].[HH].[HH]. The molecule has 2 aliphatic rings. The van der Waals surface area contributed by atoms with E-state index in [0.29, 0.717) is 41.9 Å². The van der Waals surface area contributed by atoms with Crippen LogP contribution >= 0.6 is 0 Å². The third-order valence-electron chi connectivity index (χ3n) is 6.42. The molecule has 2 unspecified atom stereocenters. The molecule has 0 radical (unpaired) electrons. The molecule has 200 valence electrons. The van der Waals surface area contributed by atoms with Gasteiger partial charge in [0.2, 0.25) is 0 Å². The quantitative estimate of drug-likeness (QED) is 0.439. The molecule has 2 atom stereocenters. The lowest BCUT2D eigenvalue weighted by Crippen LogP contribution is -2.34. The van der Waals surface area contributed by atoms with Gasteiger partial charge in [0.15, 0.2) is 5.03 Å². The van der Waals surface area contributed by atoms with Gasteiger partial charge in [-0.25, -0.2) is 19.1 Å². The highest BCUT2D eigenvalue weighted by molar-refractivity contribution is 7.90. The first-order valence-electron chi connectivity index (χ1n) is 12.1. The zero-order valence-corrected chi connectivity index (χ0v) is 21.3. The zero-order chi connectivity index (χ0) is 26.3. The van der Waals surface area contributed by atoms with Crippen LogP contribution in [0.3, 0.4) is 0 Å². The lowest BCUT2D eigenvalue weighted by molar-refractivity contribution is 0.0981. The van der Waals surface area contributed by atoms with E-state index in [9.17, 15) is 17.6 Å². The maximum atomic E-state index is 14.4. The third kappa shape index (κ3) is 5.36. The minimum atomic E-state index is -4.26. The van der Waals surface area contributed by atoms with E-state index in [0.717, 1.165) is 12.8 Å². The molecule has 1 saturated carbocycles. The van der Waals surface area contributed by atoms with Gasteiger partial charge in [0.05, 0.1) is 17.9 Å². The van der Waals surface area contributed by atoms with E-state index >= 15 is 0 Å². The summed E-state index contributed by atoms with van der Waals surface area (Å²) in [6.07, 6.45) is 1.96. The number of nitrogens with two attached hydrogens (primary N) is 1. The number of fused-ring (bicyclic) bond motifs is 1. The fourth-order valence-electron chi connectivity index (χ4n) is 4.53. The van der Waals surface area contributed by atoms with Crippen molar-refractivity contribution in [2.45, 2.75) is 37.8 Å². The van der Waals surface area contributed by atoms with Crippen LogP contribution < -0.4 is 20.1 Å². The Morgan fingerprint density at radius 1 is 1.24 bits per heavy atom. The second-order valence-electron chi connectivity index (χ2n) is 9.83. The van der Waals surface area contributed by atoms with Gasteiger partial charge >= 0.3 is 0 Å². The first kappa shape index (κ1) is 24.9. The van der Waals surface area contributed by atoms with Gasteiger partial charge in [-0.15, -0.1) is 0 Å². The fraction of sp³-hybridized carbons (Fsp3) is 0.346. The standard InChI is InChI=1S/C26H28FN5O4S.3H2/c1-15(2)14-36-19-11-17(10-18(27)13-19)21-7-6-20(25(29-21)32-9-8-16-12-22(16)32)26(33)31-37(34,35)24-5-3-4-23(28)30-24;;;/h3-7,10-11,13,15-16,22H,8-9,12,14H2,1-2H3,(H2,28,30)(H,31,33);3*1H. The molecule has 1 saturated heterocycles. The summed E-state index contributed by atoms with van der Waals surface area (Å²) in [4.78, 5) is 23.8. The largest absolute Gasteiger partial charge is 0.493 e. The predicted octanol–water partition coefficient (Wildman–Crippen LogP) is 4.36. The van der Waals surface area contributed by atoms with E-state index in [1.165, 1.54) is 36.4 Å². The van der Waals surface area contributed by atoms with Gasteiger partial charge in [0.1, 0.15) is 23.2 Å². The summed E-state index contributed by atoms with van der Waals surface area (Å²) in [7, 11) is -4.26. The number of nitrogen functional groups attached to an aromatic ring is 1. The summed E-state index contributed by atoms with van der Waals surface area (Å²) in [6.45, 7) is 5.14. The van der Waals surface area contributed by atoms with Gasteiger partial charge in [0, 0.05) is 28.5 Å². The Balaban J connectivity index is 0.00000187. The molecule has 2 aromatic heterocycles. The Hall–Kier alpha value is -3.73. The van der Waals surface area contributed by atoms with Crippen LogP contribution in [0.1, 0.15) is 41.3 Å². The van der Waals surface area contributed by atoms with Crippen LogP contribution in [0, 0.1) is 17.7 Å². The van der Waals surface area contributed by atoms with Crippen LogP contribution in [0.25, 0.3) is 11.3 Å². The van der Waals surface area contributed by atoms with E-state index in [2.05, 4.69) is 9.71 Å². The molecule has 3 aromatic rings. The molecule has 5 rings (SSSR count). The lowest BCUT2D eigenvalue weighted by atomic mass is 10.1. The third-order valence-corrected chi connectivity index (χ3v) is 7.65. The number of hydrogen-bond acceptors (Lipinski definition) is 8. The molecule has 2 fully saturated rings. The summed E-state index contributed by atoms with van der Waals surface area (Å²) >= 11 is 0. The number of hydrogen-bond donors (Lipinski definition) is 2. The molecule has 9 nitrogen and oxygen atoms in total. The highest BCUT2D eigenvalue weighted by atomic mass is 32.2. The van der Waals surface area contributed by atoms with Gasteiger partial charge in [-0.1, -0.05) is 19.9 Å². The molecule has 1 amide bonds. The van der Waals surface area contributed by atoms with Gasteiger partial charge in [-0.3, -0.25) is 4.79 Å². The summed E-state index contributed by atoms with van der Waals surface area (Å²) in [6, 6.07) is 11.9. The van der Waals surface area contributed by atoms with Gasteiger partial charge < -0.3 is 15.4 Å². The summed E-state index contributed by atoms with van der Waals surface area (Å²) in [5, 5.41) is -0.357. The molecular weight excluding hydrogens is 497 g/mol. The van der Waals surface area contributed by atoms with Crippen LogP contribution in [0.15, 0.2) is 53.6 Å². The number of sulfonamides is 1. The topological polar surface area (TPSA) is 128 Å². The summed E-state index contributed by atoms with van der Waals surface area (Å²) in [5.74, 6) is 0.281. The van der Waals surface area contributed by atoms with Crippen LogP contribution in [0.5, 0.6) is 5.75 Å².